The van der Waals surface area contributed by atoms with Gasteiger partial charge in [-0.3, -0.25) is 9.89 Å². The average molecular weight is 399 g/mol. The van der Waals surface area contributed by atoms with Gasteiger partial charge in [0.25, 0.3) is 5.91 Å². The summed E-state index contributed by atoms with van der Waals surface area (Å²) < 4.78 is 0.470. The summed E-state index contributed by atoms with van der Waals surface area (Å²) in [5.41, 5.74) is 1.96. The van der Waals surface area contributed by atoms with Crippen molar-refractivity contribution in [2.45, 2.75) is 0 Å². The van der Waals surface area contributed by atoms with E-state index in [0.29, 0.717) is 27.2 Å². The molecule has 0 aliphatic carbocycles. The molecule has 0 radical (unpaired) electrons. The van der Waals surface area contributed by atoms with Crippen LogP contribution in [0.3, 0.4) is 0 Å². The molecule has 0 aliphatic rings. The third-order valence-corrected chi connectivity index (χ3v) is 4.24. The molecule has 126 valence electrons. The quantitative estimate of drug-likeness (QED) is 0.517. The third kappa shape index (κ3) is 3.72. The summed E-state index contributed by atoms with van der Waals surface area (Å²) >= 11 is 3.36. The van der Waals surface area contributed by atoms with Gasteiger partial charge in [0.15, 0.2) is 5.82 Å². The predicted molar refractivity (Wildman–Crippen MR) is 101 cm³/mol. The van der Waals surface area contributed by atoms with Gasteiger partial charge in [0.2, 0.25) is 0 Å². The molecule has 1 amide bonds. The number of carbonyl (C=O) groups excluding carboxylic acids is 1. The van der Waals surface area contributed by atoms with E-state index in [1.165, 1.54) is 0 Å². The van der Waals surface area contributed by atoms with E-state index in [2.05, 4.69) is 43.3 Å². The fraction of sp³-hybridized carbons (Fsp3) is 0. The molecular weight excluding hydrogens is 384 g/mol. The molecule has 0 saturated carbocycles. The standard InChI is InChI=1S/C18H15BrN4O2/c1-11(13-9-5-6-10-14(13)24)20-17-15(19)16(22-23-17)18(25)21-12-7-3-2-4-8-12/h2-10,24H,1H2,(H,21,25)(H2,20,22,23). The summed E-state index contributed by atoms with van der Waals surface area (Å²) in [5, 5.41) is 22.4. The molecule has 25 heavy (non-hydrogen) atoms. The summed E-state index contributed by atoms with van der Waals surface area (Å²) in [6.45, 7) is 3.90. The number of anilines is 2. The van der Waals surface area contributed by atoms with Gasteiger partial charge in [-0.1, -0.05) is 36.9 Å². The number of hydrogen-bond acceptors (Lipinski definition) is 4. The average Bonchev–Trinajstić information content (AvgIpc) is 2.97. The second-order valence-electron chi connectivity index (χ2n) is 5.20. The van der Waals surface area contributed by atoms with E-state index in [4.69, 9.17) is 0 Å². The van der Waals surface area contributed by atoms with Crippen molar-refractivity contribution >= 4 is 39.0 Å². The van der Waals surface area contributed by atoms with Gasteiger partial charge in [-0.25, -0.2) is 0 Å². The number of aromatic nitrogens is 2. The monoisotopic (exact) mass is 398 g/mol. The van der Waals surface area contributed by atoms with Crippen LogP contribution in [0.15, 0.2) is 65.6 Å². The molecule has 0 saturated heterocycles. The number of phenols is 1. The van der Waals surface area contributed by atoms with Gasteiger partial charge in [0.1, 0.15) is 11.4 Å². The van der Waals surface area contributed by atoms with Gasteiger partial charge in [-0.05, 0) is 40.2 Å². The molecular formula is C18H15BrN4O2. The van der Waals surface area contributed by atoms with Crippen molar-refractivity contribution in [3.8, 4) is 5.75 Å². The minimum Gasteiger partial charge on any atom is -0.507 e. The maximum absolute atomic E-state index is 12.4. The highest BCUT2D eigenvalue weighted by Crippen LogP contribution is 2.29. The van der Waals surface area contributed by atoms with Crippen LogP contribution in [-0.4, -0.2) is 21.2 Å². The number of aromatic hydroxyl groups is 1. The number of para-hydroxylation sites is 2. The number of hydrogen-bond donors (Lipinski definition) is 4. The lowest BCUT2D eigenvalue weighted by molar-refractivity contribution is 0.102. The lowest BCUT2D eigenvalue weighted by atomic mass is 10.1. The zero-order valence-electron chi connectivity index (χ0n) is 13.1. The molecule has 3 aromatic rings. The number of amides is 1. The van der Waals surface area contributed by atoms with E-state index in [9.17, 15) is 9.90 Å². The number of benzene rings is 2. The lowest BCUT2D eigenvalue weighted by Gasteiger charge is -2.09. The second-order valence-corrected chi connectivity index (χ2v) is 6.00. The van der Waals surface area contributed by atoms with Crippen LogP contribution in [0.2, 0.25) is 0 Å². The van der Waals surface area contributed by atoms with Crippen LogP contribution < -0.4 is 10.6 Å². The molecule has 1 heterocycles. The van der Waals surface area contributed by atoms with Crippen molar-refractivity contribution in [2.24, 2.45) is 0 Å². The van der Waals surface area contributed by atoms with Gasteiger partial charge in [0, 0.05) is 16.9 Å². The van der Waals surface area contributed by atoms with Crippen molar-refractivity contribution in [2.75, 3.05) is 10.6 Å². The van der Waals surface area contributed by atoms with E-state index in [0.717, 1.165) is 0 Å². The number of H-pyrrole nitrogens is 1. The van der Waals surface area contributed by atoms with Crippen LogP contribution in [0, 0.1) is 0 Å². The Bertz CT molecular complexity index is 922. The molecule has 0 spiro atoms. The van der Waals surface area contributed by atoms with E-state index in [1.807, 2.05) is 18.2 Å². The first kappa shape index (κ1) is 16.8. The fourth-order valence-corrected chi connectivity index (χ4v) is 2.67. The predicted octanol–water partition coefficient (Wildman–Crippen LogP) is 4.21. The fourth-order valence-electron chi connectivity index (χ4n) is 2.22. The summed E-state index contributed by atoms with van der Waals surface area (Å²) in [6.07, 6.45) is 0. The number of phenolic OH excluding ortho intramolecular Hbond substituents is 1. The van der Waals surface area contributed by atoms with E-state index < -0.39 is 0 Å². The summed E-state index contributed by atoms with van der Waals surface area (Å²) in [4.78, 5) is 12.4. The Labute approximate surface area is 152 Å². The number of carbonyl (C=O) groups is 1. The SMILES string of the molecule is C=C(Nc1n[nH]c(C(=O)Nc2ccccc2)c1Br)c1ccccc1O. The zero-order valence-corrected chi connectivity index (χ0v) is 14.7. The Hall–Kier alpha value is -3.06. The Balaban J connectivity index is 1.76. The molecule has 7 heteroatoms. The smallest absolute Gasteiger partial charge is 0.274 e. The highest BCUT2D eigenvalue weighted by atomic mass is 79.9. The van der Waals surface area contributed by atoms with Crippen molar-refractivity contribution in [1.82, 2.24) is 10.2 Å². The molecule has 0 unspecified atom stereocenters. The van der Waals surface area contributed by atoms with Gasteiger partial charge >= 0.3 is 0 Å². The summed E-state index contributed by atoms with van der Waals surface area (Å²) in [7, 11) is 0. The van der Waals surface area contributed by atoms with Crippen molar-refractivity contribution < 1.29 is 9.90 Å². The van der Waals surface area contributed by atoms with Gasteiger partial charge in [-0.2, -0.15) is 5.10 Å². The van der Waals surface area contributed by atoms with Crippen LogP contribution in [0.1, 0.15) is 16.1 Å². The van der Waals surface area contributed by atoms with Crippen molar-refractivity contribution in [3.63, 3.8) is 0 Å². The van der Waals surface area contributed by atoms with Crippen LogP contribution in [0.4, 0.5) is 11.5 Å². The molecule has 4 N–H and O–H groups in total. The first-order valence-electron chi connectivity index (χ1n) is 7.41. The normalized spacial score (nSPS) is 10.3. The third-order valence-electron chi connectivity index (χ3n) is 3.46. The highest BCUT2D eigenvalue weighted by Gasteiger charge is 2.18. The maximum atomic E-state index is 12.4. The molecule has 1 aromatic heterocycles. The summed E-state index contributed by atoms with van der Waals surface area (Å²) in [6, 6.07) is 15.9. The number of halogens is 1. The molecule has 0 atom stereocenters. The molecule has 0 bridgehead atoms. The van der Waals surface area contributed by atoms with E-state index in [1.54, 1.807) is 36.4 Å². The number of aromatic amines is 1. The first-order valence-corrected chi connectivity index (χ1v) is 8.20. The van der Waals surface area contributed by atoms with Gasteiger partial charge < -0.3 is 15.7 Å². The minimum absolute atomic E-state index is 0.105. The van der Waals surface area contributed by atoms with Gasteiger partial charge in [-0.15, -0.1) is 0 Å². The molecule has 0 fully saturated rings. The zero-order chi connectivity index (χ0) is 17.8. The van der Waals surface area contributed by atoms with Gasteiger partial charge in [0.05, 0.1) is 4.47 Å². The Morgan fingerprint density at radius 1 is 1.08 bits per heavy atom. The minimum atomic E-state index is -0.327. The van der Waals surface area contributed by atoms with Crippen LogP contribution >= 0.6 is 15.9 Å². The molecule has 6 nitrogen and oxygen atoms in total. The second kappa shape index (κ2) is 7.23. The Morgan fingerprint density at radius 2 is 1.76 bits per heavy atom. The molecule has 2 aromatic carbocycles. The van der Waals surface area contributed by atoms with Crippen molar-refractivity contribution in [3.05, 3.63) is 76.9 Å². The molecule has 0 aliphatic heterocycles. The van der Waals surface area contributed by atoms with E-state index in [-0.39, 0.29) is 17.4 Å². The number of nitrogens with one attached hydrogen (secondary N) is 3. The Kier molecular flexibility index (Phi) is 4.85. The largest absolute Gasteiger partial charge is 0.507 e. The van der Waals surface area contributed by atoms with Crippen molar-refractivity contribution in [1.29, 1.82) is 0 Å². The van der Waals surface area contributed by atoms with Crippen LogP contribution in [0.5, 0.6) is 5.75 Å². The number of nitrogens with zero attached hydrogens (tertiary/aromatic N) is 1. The highest BCUT2D eigenvalue weighted by molar-refractivity contribution is 9.10. The van der Waals surface area contributed by atoms with Crippen LogP contribution in [-0.2, 0) is 0 Å². The number of rotatable bonds is 5. The van der Waals surface area contributed by atoms with E-state index >= 15 is 0 Å². The molecule has 3 rings (SSSR count). The summed E-state index contributed by atoms with van der Waals surface area (Å²) in [5.74, 6) is 0.173. The Morgan fingerprint density at radius 3 is 2.48 bits per heavy atom. The lowest BCUT2D eigenvalue weighted by Crippen LogP contribution is -2.12. The maximum Gasteiger partial charge on any atom is 0.274 e. The first-order chi connectivity index (χ1) is 12.1. The topological polar surface area (TPSA) is 90.0 Å². The van der Waals surface area contributed by atoms with Crippen LogP contribution in [0.25, 0.3) is 5.70 Å².